The number of benzene rings is 1. The van der Waals surface area contributed by atoms with Gasteiger partial charge in [-0.25, -0.2) is 0 Å². The topological polar surface area (TPSA) is 27.3 Å². The van der Waals surface area contributed by atoms with E-state index < -0.39 is 0 Å². The second-order valence-corrected chi connectivity index (χ2v) is 6.82. The van der Waals surface area contributed by atoms with Gasteiger partial charge in [0.2, 0.25) is 0 Å². The van der Waals surface area contributed by atoms with E-state index in [4.69, 9.17) is 12.2 Å². The van der Waals surface area contributed by atoms with Crippen molar-refractivity contribution < 1.29 is 0 Å². The van der Waals surface area contributed by atoms with E-state index in [0.29, 0.717) is 5.92 Å². The molecule has 1 fully saturated rings. The van der Waals surface area contributed by atoms with Crippen molar-refractivity contribution in [1.82, 2.24) is 10.2 Å². The molecule has 1 aliphatic heterocycles. The minimum absolute atomic E-state index is 0.564. The van der Waals surface area contributed by atoms with Crippen molar-refractivity contribution in [3.05, 3.63) is 29.8 Å². The van der Waals surface area contributed by atoms with Gasteiger partial charge >= 0.3 is 0 Å². The maximum Gasteiger partial charge on any atom is 0.170 e. The van der Waals surface area contributed by atoms with Crippen LogP contribution in [0.3, 0.4) is 0 Å². The number of anilines is 1. The van der Waals surface area contributed by atoms with Gasteiger partial charge in [0.1, 0.15) is 0 Å². The summed E-state index contributed by atoms with van der Waals surface area (Å²) in [5.74, 6) is 0.564. The standard InChI is InChI=1S/C18H29N3S/c1-15(2)16-7-9-17(10-8-16)20-18(22)19-11-6-14-21-12-4-3-5-13-21/h7-10,15H,3-6,11-14H2,1-2H3,(H2,19,20,22). The highest BCUT2D eigenvalue weighted by atomic mass is 32.1. The second kappa shape index (κ2) is 9.11. The molecule has 0 saturated carbocycles. The van der Waals surface area contributed by atoms with Crippen LogP contribution in [0.4, 0.5) is 5.69 Å². The molecule has 3 nitrogen and oxygen atoms in total. The number of rotatable bonds is 6. The molecular weight excluding hydrogens is 290 g/mol. The highest BCUT2D eigenvalue weighted by molar-refractivity contribution is 7.80. The van der Waals surface area contributed by atoms with Gasteiger partial charge in [-0.05, 0) is 74.7 Å². The first kappa shape index (κ1) is 17.2. The van der Waals surface area contributed by atoms with Crippen molar-refractivity contribution >= 4 is 23.0 Å². The molecule has 1 aliphatic rings. The van der Waals surface area contributed by atoms with Crippen molar-refractivity contribution in [2.24, 2.45) is 0 Å². The van der Waals surface area contributed by atoms with Gasteiger partial charge in [-0.3, -0.25) is 0 Å². The van der Waals surface area contributed by atoms with Crippen molar-refractivity contribution in [2.75, 3.05) is 31.5 Å². The van der Waals surface area contributed by atoms with E-state index in [2.05, 4.69) is 53.6 Å². The zero-order chi connectivity index (χ0) is 15.8. The number of piperidine rings is 1. The summed E-state index contributed by atoms with van der Waals surface area (Å²) in [6, 6.07) is 8.51. The molecule has 0 atom stereocenters. The molecule has 1 aromatic carbocycles. The Hall–Kier alpha value is -1.13. The monoisotopic (exact) mass is 319 g/mol. The van der Waals surface area contributed by atoms with Gasteiger partial charge in [-0.2, -0.15) is 0 Å². The number of thiocarbonyl (C=S) groups is 1. The summed E-state index contributed by atoms with van der Waals surface area (Å²) in [5, 5.41) is 7.27. The van der Waals surface area contributed by atoms with Gasteiger partial charge < -0.3 is 15.5 Å². The van der Waals surface area contributed by atoms with Crippen LogP contribution in [-0.4, -0.2) is 36.2 Å². The van der Waals surface area contributed by atoms with Crippen molar-refractivity contribution in [3.63, 3.8) is 0 Å². The van der Waals surface area contributed by atoms with Gasteiger partial charge in [0.15, 0.2) is 5.11 Å². The fourth-order valence-electron chi connectivity index (χ4n) is 2.81. The lowest BCUT2D eigenvalue weighted by Crippen LogP contribution is -2.34. The fraction of sp³-hybridized carbons (Fsp3) is 0.611. The third-order valence-electron chi connectivity index (χ3n) is 4.22. The Bertz CT molecular complexity index is 450. The summed E-state index contributed by atoms with van der Waals surface area (Å²) in [6.07, 6.45) is 5.27. The van der Waals surface area contributed by atoms with E-state index >= 15 is 0 Å². The van der Waals surface area contributed by atoms with Crippen LogP contribution < -0.4 is 10.6 Å². The van der Waals surface area contributed by atoms with Gasteiger partial charge in [0, 0.05) is 12.2 Å². The number of hydrogen-bond acceptors (Lipinski definition) is 2. The van der Waals surface area contributed by atoms with Gasteiger partial charge in [0.25, 0.3) is 0 Å². The first-order chi connectivity index (χ1) is 10.6. The summed E-state index contributed by atoms with van der Waals surface area (Å²) in [5.41, 5.74) is 2.41. The minimum Gasteiger partial charge on any atom is -0.362 e. The number of hydrogen-bond donors (Lipinski definition) is 2. The molecular formula is C18H29N3S. The molecule has 0 aliphatic carbocycles. The second-order valence-electron chi connectivity index (χ2n) is 6.41. The average Bonchev–Trinajstić information content (AvgIpc) is 2.53. The molecule has 1 saturated heterocycles. The van der Waals surface area contributed by atoms with Crippen LogP contribution >= 0.6 is 12.2 Å². The molecule has 0 aromatic heterocycles. The molecule has 0 radical (unpaired) electrons. The molecule has 122 valence electrons. The lowest BCUT2D eigenvalue weighted by Gasteiger charge is -2.26. The normalized spacial score (nSPS) is 15.8. The van der Waals surface area contributed by atoms with Crippen LogP contribution in [0.25, 0.3) is 0 Å². The highest BCUT2D eigenvalue weighted by Crippen LogP contribution is 2.17. The molecule has 0 bridgehead atoms. The van der Waals surface area contributed by atoms with E-state index in [1.165, 1.54) is 44.5 Å². The Morgan fingerprint density at radius 3 is 2.45 bits per heavy atom. The molecule has 0 amide bonds. The molecule has 0 unspecified atom stereocenters. The quantitative estimate of drug-likeness (QED) is 0.613. The predicted octanol–water partition coefficient (Wildman–Crippen LogP) is 3.97. The SMILES string of the molecule is CC(C)c1ccc(NC(=S)NCCCN2CCCCC2)cc1. The highest BCUT2D eigenvalue weighted by Gasteiger charge is 2.08. The molecule has 22 heavy (non-hydrogen) atoms. The van der Waals surface area contributed by atoms with Crippen LogP contribution in [0.15, 0.2) is 24.3 Å². The average molecular weight is 320 g/mol. The van der Waals surface area contributed by atoms with Crippen LogP contribution in [0, 0.1) is 0 Å². The van der Waals surface area contributed by atoms with E-state index in [1.807, 2.05) is 0 Å². The first-order valence-electron chi connectivity index (χ1n) is 8.52. The number of nitrogens with zero attached hydrogens (tertiary/aromatic N) is 1. The summed E-state index contributed by atoms with van der Waals surface area (Å²) in [4.78, 5) is 2.56. The van der Waals surface area contributed by atoms with E-state index in [1.54, 1.807) is 0 Å². The van der Waals surface area contributed by atoms with Crippen molar-refractivity contribution in [1.29, 1.82) is 0 Å². The van der Waals surface area contributed by atoms with Crippen LogP contribution in [0.1, 0.15) is 51.0 Å². The Labute approximate surface area is 140 Å². The Kier molecular flexibility index (Phi) is 7.13. The summed E-state index contributed by atoms with van der Waals surface area (Å²) in [6.45, 7) is 9.06. The smallest absolute Gasteiger partial charge is 0.170 e. The molecule has 2 rings (SSSR count). The summed E-state index contributed by atoms with van der Waals surface area (Å²) < 4.78 is 0. The van der Waals surface area contributed by atoms with E-state index in [0.717, 1.165) is 23.8 Å². The summed E-state index contributed by atoms with van der Waals surface area (Å²) >= 11 is 5.35. The Morgan fingerprint density at radius 2 is 1.82 bits per heavy atom. The third-order valence-corrected chi connectivity index (χ3v) is 4.47. The van der Waals surface area contributed by atoms with Crippen LogP contribution in [0.2, 0.25) is 0 Å². The zero-order valence-corrected chi connectivity index (χ0v) is 14.7. The first-order valence-corrected chi connectivity index (χ1v) is 8.93. The fourth-order valence-corrected chi connectivity index (χ4v) is 3.03. The van der Waals surface area contributed by atoms with Crippen LogP contribution in [-0.2, 0) is 0 Å². The summed E-state index contributed by atoms with van der Waals surface area (Å²) in [7, 11) is 0. The minimum atomic E-state index is 0.564. The molecule has 1 aromatic rings. The predicted molar refractivity (Wildman–Crippen MR) is 99.7 cm³/mol. The van der Waals surface area contributed by atoms with E-state index in [-0.39, 0.29) is 0 Å². The number of nitrogens with one attached hydrogen (secondary N) is 2. The maximum atomic E-state index is 5.35. The zero-order valence-electron chi connectivity index (χ0n) is 13.9. The van der Waals surface area contributed by atoms with Crippen LogP contribution in [0.5, 0.6) is 0 Å². The third kappa shape index (κ3) is 5.93. The lowest BCUT2D eigenvalue weighted by molar-refractivity contribution is 0.227. The molecule has 1 heterocycles. The van der Waals surface area contributed by atoms with E-state index in [9.17, 15) is 0 Å². The van der Waals surface area contributed by atoms with Gasteiger partial charge in [0.05, 0.1) is 0 Å². The lowest BCUT2D eigenvalue weighted by atomic mass is 10.0. The Morgan fingerprint density at radius 1 is 1.14 bits per heavy atom. The maximum absolute atomic E-state index is 5.35. The van der Waals surface area contributed by atoms with Gasteiger partial charge in [-0.15, -0.1) is 0 Å². The Balaban J connectivity index is 1.62. The molecule has 4 heteroatoms. The van der Waals surface area contributed by atoms with Gasteiger partial charge in [-0.1, -0.05) is 32.4 Å². The van der Waals surface area contributed by atoms with Crippen molar-refractivity contribution in [3.8, 4) is 0 Å². The largest absolute Gasteiger partial charge is 0.362 e. The molecule has 2 N–H and O–H groups in total. The van der Waals surface area contributed by atoms with Crippen molar-refractivity contribution in [2.45, 2.75) is 45.4 Å². The number of likely N-dealkylation sites (tertiary alicyclic amines) is 1. The molecule has 0 spiro atoms.